The lowest BCUT2D eigenvalue weighted by Gasteiger charge is -2.04. The molecule has 0 aliphatic heterocycles. The van der Waals surface area contributed by atoms with E-state index in [1.54, 1.807) is 10.9 Å². The van der Waals surface area contributed by atoms with Crippen molar-refractivity contribution in [3.63, 3.8) is 0 Å². The standard InChI is InChI=1S/C12H20ClN3O/c1-3-4-5-6-7-14-12(17)9-16-8-11(13)10(2)15-16/h8H,3-7,9H2,1-2H3,(H,14,17). The van der Waals surface area contributed by atoms with Gasteiger partial charge < -0.3 is 5.32 Å². The van der Waals surface area contributed by atoms with Gasteiger partial charge in [-0.15, -0.1) is 0 Å². The van der Waals surface area contributed by atoms with E-state index < -0.39 is 0 Å². The fourth-order valence-electron chi connectivity index (χ4n) is 1.56. The summed E-state index contributed by atoms with van der Waals surface area (Å²) in [6.07, 6.45) is 6.32. The van der Waals surface area contributed by atoms with Crippen molar-refractivity contribution >= 4 is 17.5 Å². The number of hydrogen-bond acceptors (Lipinski definition) is 2. The Morgan fingerprint density at radius 1 is 1.47 bits per heavy atom. The Kier molecular flexibility index (Phi) is 6.05. The predicted octanol–water partition coefficient (Wildman–Crippen LogP) is 2.54. The summed E-state index contributed by atoms with van der Waals surface area (Å²) in [7, 11) is 0. The zero-order valence-corrected chi connectivity index (χ0v) is 11.3. The van der Waals surface area contributed by atoms with Crippen LogP contribution in [0.25, 0.3) is 0 Å². The molecule has 0 bridgehead atoms. The predicted molar refractivity (Wildman–Crippen MR) is 69.1 cm³/mol. The van der Waals surface area contributed by atoms with Gasteiger partial charge in [0.15, 0.2) is 0 Å². The fourth-order valence-corrected chi connectivity index (χ4v) is 1.71. The molecule has 1 rings (SSSR count). The van der Waals surface area contributed by atoms with Crippen molar-refractivity contribution in [2.24, 2.45) is 0 Å². The molecule has 0 aliphatic carbocycles. The van der Waals surface area contributed by atoms with Crippen LogP contribution in [0, 0.1) is 6.92 Å². The number of nitrogens with zero attached hydrogens (tertiary/aromatic N) is 2. The molecule has 0 saturated carbocycles. The Balaban J connectivity index is 2.21. The largest absolute Gasteiger partial charge is 0.354 e. The summed E-state index contributed by atoms with van der Waals surface area (Å²) in [6.45, 7) is 4.97. The molecule has 1 amide bonds. The van der Waals surface area contributed by atoms with E-state index in [0.717, 1.165) is 18.7 Å². The zero-order valence-electron chi connectivity index (χ0n) is 10.5. The maximum Gasteiger partial charge on any atom is 0.241 e. The lowest BCUT2D eigenvalue weighted by atomic mass is 10.2. The number of aryl methyl sites for hydroxylation is 1. The molecule has 1 N–H and O–H groups in total. The van der Waals surface area contributed by atoms with Gasteiger partial charge in [-0.3, -0.25) is 9.48 Å². The summed E-state index contributed by atoms with van der Waals surface area (Å²) >= 11 is 5.86. The Labute approximate surface area is 107 Å². The van der Waals surface area contributed by atoms with Gasteiger partial charge in [-0.1, -0.05) is 37.8 Å². The molecule has 0 atom stereocenters. The minimum Gasteiger partial charge on any atom is -0.354 e. The lowest BCUT2D eigenvalue weighted by Crippen LogP contribution is -2.28. The minimum atomic E-state index is -0.0133. The van der Waals surface area contributed by atoms with Crippen molar-refractivity contribution in [2.45, 2.75) is 46.1 Å². The number of unbranched alkanes of at least 4 members (excludes halogenated alkanes) is 3. The maximum absolute atomic E-state index is 11.6. The molecule has 0 radical (unpaired) electrons. The Bertz CT molecular complexity index is 343. The van der Waals surface area contributed by atoms with E-state index in [4.69, 9.17) is 11.6 Å². The fraction of sp³-hybridized carbons (Fsp3) is 0.667. The van der Waals surface area contributed by atoms with Crippen molar-refractivity contribution in [1.82, 2.24) is 15.1 Å². The molecule has 0 fully saturated rings. The van der Waals surface area contributed by atoms with Gasteiger partial charge in [0.25, 0.3) is 0 Å². The molecule has 4 nitrogen and oxygen atoms in total. The highest BCUT2D eigenvalue weighted by Gasteiger charge is 2.06. The van der Waals surface area contributed by atoms with Crippen LogP contribution in [-0.2, 0) is 11.3 Å². The molecule has 0 unspecified atom stereocenters. The number of aromatic nitrogens is 2. The van der Waals surface area contributed by atoms with E-state index >= 15 is 0 Å². The number of rotatable bonds is 7. The number of halogens is 1. The van der Waals surface area contributed by atoms with Crippen LogP contribution < -0.4 is 5.32 Å². The van der Waals surface area contributed by atoms with E-state index in [2.05, 4.69) is 17.3 Å². The molecule has 1 aromatic heterocycles. The van der Waals surface area contributed by atoms with E-state index in [1.165, 1.54) is 19.3 Å². The highest BCUT2D eigenvalue weighted by atomic mass is 35.5. The second-order valence-electron chi connectivity index (χ2n) is 4.17. The van der Waals surface area contributed by atoms with E-state index in [-0.39, 0.29) is 12.5 Å². The number of amides is 1. The van der Waals surface area contributed by atoms with Crippen LogP contribution in [0.15, 0.2) is 6.20 Å². The normalized spacial score (nSPS) is 10.5. The van der Waals surface area contributed by atoms with E-state index in [0.29, 0.717) is 5.02 Å². The van der Waals surface area contributed by atoms with Crippen LogP contribution in [0.5, 0.6) is 0 Å². The number of carbonyl (C=O) groups excluding carboxylic acids is 1. The Morgan fingerprint density at radius 2 is 2.24 bits per heavy atom. The van der Waals surface area contributed by atoms with Gasteiger partial charge in [-0.2, -0.15) is 5.10 Å². The molecule has 0 spiro atoms. The van der Waals surface area contributed by atoms with Crippen molar-refractivity contribution in [1.29, 1.82) is 0 Å². The van der Waals surface area contributed by atoms with Crippen LogP contribution in [0.1, 0.15) is 38.3 Å². The third-order valence-electron chi connectivity index (χ3n) is 2.54. The third-order valence-corrected chi connectivity index (χ3v) is 2.92. The molecule has 1 heterocycles. The van der Waals surface area contributed by atoms with Crippen LogP contribution in [0.4, 0.5) is 0 Å². The first-order valence-electron chi connectivity index (χ1n) is 6.09. The minimum absolute atomic E-state index is 0.0133. The SMILES string of the molecule is CCCCCCNC(=O)Cn1cc(Cl)c(C)n1. The van der Waals surface area contributed by atoms with Crippen LogP contribution >= 0.6 is 11.6 Å². The Morgan fingerprint density at radius 3 is 2.82 bits per heavy atom. The smallest absolute Gasteiger partial charge is 0.241 e. The molecule has 1 aromatic rings. The summed E-state index contributed by atoms with van der Waals surface area (Å²) < 4.78 is 1.57. The average Bonchev–Trinajstić information content (AvgIpc) is 2.57. The lowest BCUT2D eigenvalue weighted by molar-refractivity contribution is -0.121. The monoisotopic (exact) mass is 257 g/mol. The number of carbonyl (C=O) groups is 1. The molecule has 17 heavy (non-hydrogen) atoms. The summed E-state index contributed by atoms with van der Waals surface area (Å²) in [4.78, 5) is 11.6. The first-order chi connectivity index (χ1) is 8.13. The molecule has 0 saturated heterocycles. The molecule has 5 heteroatoms. The maximum atomic E-state index is 11.6. The summed E-state index contributed by atoms with van der Waals surface area (Å²) in [6, 6.07) is 0. The summed E-state index contributed by atoms with van der Waals surface area (Å²) in [5.74, 6) is -0.0133. The van der Waals surface area contributed by atoms with Crippen molar-refractivity contribution in [3.05, 3.63) is 16.9 Å². The third kappa shape index (κ3) is 5.22. The molecular formula is C12H20ClN3O. The molecule has 0 aliphatic rings. The number of nitrogens with one attached hydrogen (secondary N) is 1. The second kappa shape index (κ2) is 7.33. The quantitative estimate of drug-likeness (QED) is 0.763. The first kappa shape index (κ1) is 14.0. The van der Waals surface area contributed by atoms with Crippen LogP contribution in [0.2, 0.25) is 5.02 Å². The zero-order chi connectivity index (χ0) is 12.7. The summed E-state index contributed by atoms with van der Waals surface area (Å²) in [5.41, 5.74) is 0.752. The topological polar surface area (TPSA) is 46.9 Å². The van der Waals surface area contributed by atoms with E-state index in [9.17, 15) is 4.79 Å². The van der Waals surface area contributed by atoms with Gasteiger partial charge in [0, 0.05) is 12.7 Å². The van der Waals surface area contributed by atoms with Gasteiger partial charge in [0.2, 0.25) is 5.91 Å². The van der Waals surface area contributed by atoms with Gasteiger partial charge in [0.05, 0.1) is 10.7 Å². The van der Waals surface area contributed by atoms with Crippen molar-refractivity contribution in [2.75, 3.05) is 6.54 Å². The van der Waals surface area contributed by atoms with E-state index in [1.807, 2.05) is 6.92 Å². The Hall–Kier alpha value is -1.03. The van der Waals surface area contributed by atoms with Gasteiger partial charge in [-0.25, -0.2) is 0 Å². The van der Waals surface area contributed by atoms with Crippen molar-refractivity contribution < 1.29 is 4.79 Å². The highest BCUT2D eigenvalue weighted by Crippen LogP contribution is 2.11. The van der Waals surface area contributed by atoms with Crippen LogP contribution in [0.3, 0.4) is 0 Å². The molecular weight excluding hydrogens is 238 g/mol. The first-order valence-corrected chi connectivity index (χ1v) is 6.47. The highest BCUT2D eigenvalue weighted by molar-refractivity contribution is 6.31. The molecule has 96 valence electrons. The molecule has 0 aromatic carbocycles. The second-order valence-corrected chi connectivity index (χ2v) is 4.58. The van der Waals surface area contributed by atoms with Crippen molar-refractivity contribution in [3.8, 4) is 0 Å². The number of hydrogen-bond donors (Lipinski definition) is 1. The average molecular weight is 258 g/mol. The summed E-state index contributed by atoms with van der Waals surface area (Å²) in [5, 5.41) is 7.61. The van der Waals surface area contributed by atoms with Gasteiger partial charge >= 0.3 is 0 Å². The van der Waals surface area contributed by atoms with Crippen LogP contribution in [-0.4, -0.2) is 22.2 Å². The van der Waals surface area contributed by atoms with Gasteiger partial charge in [0.1, 0.15) is 6.54 Å². The van der Waals surface area contributed by atoms with Gasteiger partial charge in [-0.05, 0) is 13.3 Å².